The molecule has 3 fully saturated rings. The van der Waals surface area contributed by atoms with Crippen LogP contribution in [0.1, 0.15) is 48.2 Å². The minimum absolute atomic E-state index is 0.0350. The molecule has 1 aromatic heterocycles. The SMILES string of the molecule is Cc1occc1C(=O)N(CCC(=O)N1CCC2(CC1)OCCO2)CC1CCCO1. The molecular formula is C21H30N2O6. The van der Waals surface area contributed by atoms with Crippen molar-refractivity contribution in [2.24, 2.45) is 0 Å². The number of amides is 2. The molecule has 2 amide bonds. The zero-order valence-electron chi connectivity index (χ0n) is 17.1. The van der Waals surface area contributed by atoms with Crippen LogP contribution in [0.2, 0.25) is 0 Å². The van der Waals surface area contributed by atoms with E-state index in [0.717, 1.165) is 19.4 Å². The fraction of sp³-hybridized carbons (Fsp3) is 0.714. The van der Waals surface area contributed by atoms with E-state index in [-0.39, 0.29) is 17.9 Å². The van der Waals surface area contributed by atoms with Gasteiger partial charge in [-0.15, -0.1) is 0 Å². The van der Waals surface area contributed by atoms with Crippen LogP contribution in [0.5, 0.6) is 0 Å². The first kappa shape index (κ1) is 20.4. The van der Waals surface area contributed by atoms with Crippen molar-refractivity contribution in [1.29, 1.82) is 0 Å². The van der Waals surface area contributed by atoms with Crippen LogP contribution in [0.25, 0.3) is 0 Å². The number of hydrogen-bond acceptors (Lipinski definition) is 6. The van der Waals surface area contributed by atoms with Crippen LogP contribution in [-0.4, -0.2) is 79.5 Å². The third-order valence-corrected chi connectivity index (χ3v) is 6.11. The normalized spacial score (nSPS) is 23.6. The highest BCUT2D eigenvalue weighted by molar-refractivity contribution is 5.95. The monoisotopic (exact) mass is 406 g/mol. The summed E-state index contributed by atoms with van der Waals surface area (Å²) < 4.78 is 22.5. The Morgan fingerprint density at radius 1 is 1.21 bits per heavy atom. The van der Waals surface area contributed by atoms with Crippen molar-refractivity contribution >= 4 is 11.8 Å². The second kappa shape index (κ2) is 8.85. The third kappa shape index (κ3) is 4.65. The molecule has 3 aliphatic rings. The summed E-state index contributed by atoms with van der Waals surface area (Å²) in [5.74, 6) is 0.0607. The maximum absolute atomic E-state index is 13.0. The van der Waals surface area contributed by atoms with E-state index in [1.165, 1.54) is 6.26 Å². The Morgan fingerprint density at radius 3 is 2.59 bits per heavy atom. The number of hydrogen-bond donors (Lipinski definition) is 0. The summed E-state index contributed by atoms with van der Waals surface area (Å²) in [5, 5.41) is 0. The van der Waals surface area contributed by atoms with Crippen molar-refractivity contribution in [1.82, 2.24) is 9.80 Å². The molecule has 29 heavy (non-hydrogen) atoms. The molecule has 0 N–H and O–H groups in total. The largest absolute Gasteiger partial charge is 0.469 e. The molecule has 3 aliphatic heterocycles. The van der Waals surface area contributed by atoms with Crippen molar-refractivity contribution in [2.45, 2.75) is 50.9 Å². The van der Waals surface area contributed by atoms with Gasteiger partial charge in [0.05, 0.1) is 31.1 Å². The van der Waals surface area contributed by atoms with Crippen LogP contribution in [0, 0.1) is 6.92 Å². The summed E-state index contributed by atoms with van der Waals surface area (Å²) in [5.41, 5.74) is 0.547. The highest BCUT2D eigenvalue weighted by Gasteiger charge is 2.40. The van der Waals surface area contributed by atoms with E-state index in [1.807, 2.05) is 4.90 Å². The average Bonchev–Trinajstić information content (AvgIpc) is 3.48. The molecule has 1 spiro atoms. The lowest BCUT2D eigenvalue weighted by atomic mass is 10.0. The van der Waals surface area contributed by atoms with Crippen LogP contribution in [0.4, 0.5) is 0 Å². The molecule has 3 saturated heterocycles. The molecule has 1 atom stereocenters. The molecule has 8 heteroatoms. The van der Waals surface area contributed by atoms with Crippen LogP contribution >= 0.6 is 0 Å². The van der Waals surface area contributed by atoms with E-state index in [2.05, 4.69) is 0 Å². The van der Waals surface area contributed by atoms with Gasteiger partial charge in [0, 0.05) is 52.0 Å². The molecule has 0 aliphatic carbocycles. The molecule has 1 aromatic rings. The number of furan rings is 1. The number of piperidine rings is 1. The second-order valence-electron chi connectivity index (χ2n) is 8.02. The molecule has 1 unspecified atom stereocenters. The van der Waals surface area contributed by atoms with Gasteiger partial charge in [-0.1, -0.05) is 0 Å². The summed E-state index contributed by atoms with van der Waals surface area (Å²) in [6.07, 6.45) is 5.20. The molecule has 0 radical (unpaired) electrons. The number of carbonyl (C=O) groups is 2. The van der Waals surface area contributed by atoms with Crippen LogP contribution in [0.3, 0.4) is 0 Å². The second-order valence-corrected chi connectivity index (χ2v) is 8.02. The van der Waals surface area contributed by atoms with E-state index < -0.39 is 5.79 Å². The minimum Gasteiger partial charge on any atom is -0.469 e. The summed E-state index contributed by atoms with van der Waals surface area (Å²) in [6.45, 7) is 5.88. The van der Waals surface area contributed by atoms with Crippen molar-refractivity contribution in [2.75, 3.05) is 46.0 Å². The smallest absolute Gasteiger partial charge is 0.257 e. The fourth-order valence-corrected chi connectivity index (χ4v) is 4.36. The van der Waals surface area contributed by atoms with Crippen molar-refractivity contribution in [3.05, 3.63) is 23.7 Å². The van der Waals surface area contributed by atoms with E-state index in [0.29, 0.717) is 70.0 Å². The van der Waals surface area contributed by atoms with Gasteiger partial charge in [-0.25, -0.2) is 0 Å². The topological polar surface area (TPSA) is 81.5 Å². The molecule has 4 rings (SSSR count). The van der Waals surface area contributed by atoms with Gasteiger partial charge >= 0.3 is 0 Å². The van der Waals surface area contributed by atoms with Gasteiger partial charge in [0.25, 0.3) is 5.91 Å². The lowest BCUT2D eigenvalue weighted by molar-refractivity contribution is -0.187. The molecule has 160 valence electrons. The Balaban J connectivity index is 1.34. The first-order chi connectivity index (χ1) is 14.1. The van der Waals surface area contributed by atoms with Gasteiger partial charge in [0.2, 0.25) is 5.91 Å². The van der Waals surface area contributed by atoms with Gasteiger partial charge in [-0.3, -0.25) is 9.59 Å². The van der Waals surface area contributed by atoms with Gasteiger partial charge in [-0.05, 0) is 25.8 Å². The van der Waals surface area contributed by atoms with Crippen LogP contribution in [-0.2, 0) is 19.0 Å². The van der Waals surface area contributed by atoms with Gasteiger partial charge in [0.15, 0.2) is 5.79 Å². The lowest BCUT2D eigenvalue weighted by Crippen LogP contribution is -2.48. The Kier molecular flexibility index (Phi) is 6.22. The van der Waals surface area contributed by atoms with E-state index in [4.69, 9.17) is 18.6 Å². The quantitative estimate of drug-likeness (QED) is 0.718. The van der Waals surface area contributed by atoms with E-state index >= 15 is 0 Å². The predicted molar refractivity (Wildman–Crippen MR) is 103 cm³/mol. The standard InChI is InChI=1S/C21H30N2O6/c1-16-18(5-12-26-16)20(25)23(15-17-3-2-11-27-17)8-4-19(24)22-9-6-21(7-10-22)28-13-14-29-21/h5,12,17H,2-4,6-11,13-15H2,1H3. The summed E-state index contributed by atoms with van der Waals surface area (Å²) >= 11 is 0. The first-order valence-corrected chi connectivity index (χ1v) is 10.6. The predicted octanol–water partition coefficient (Wildman–Crippen LogP) is 1.96. The Hall–Kier alpha value is -1.90. The Morgan fingerprint density at radius 2 is 1.97 bits per heavy atom. The maximum atomic E-state index is 13.0. The number of nitrogens with zero attached hydrogens (tertiary/aromatic N) is 2. The van der Waals surface area contributed by atoms with Crippen molar-refractivity contribution in [3.8, 4) is 0 Å². The van der Waals surface area contributed by atoms with E-state index in [9.17, 15) is 9.59 Å². The van der Waals surface area contributed by atoms with Gasteiger partial charge in [-0.2, -0.15) is 0 Å². The third-order valence-electron chi connectivity index (χ3n) is 6.11. The maximum Gasteiger partial charge on any atom is 0.257 e. The highest BCUT2D eigenvalue weighted by atomic mass is 16.7. The average molecular weight is 406 g/mol. The fourth-order valence-electron chi connectivity index (χ4n) is 4.36. The van der Waals surface area contributed by atoms with Crippen molar-refractivity contribution in [3.63, 3.8) is 0 Å². The summed E-state index contributed by atoms with van der Waals surface area (Å²) in [4.78, 5) is 29.4. The zero-order chi connectivity index (χ0) is 20.3. The molecule has 0 saturated carbocycles. The number of likely N-dealkylation sites (tertiary alicyclic amines) is 1. The number of aryl methyl sites for hydroxylation is 1. The molecular weight excluding hydrogens is 376 g/mol. The number of carbonyl (C=O) groups excluding carboxylic acids is 2. The molecule has 0 bridgehead atoms. The van der Waals surface area contributed by atoms with E-state index in [1.54, 1.807) is 17.9 Å². The van der Waals surface area contributed by atoms with Crippen molar-refractivity contribution < 1.29 is 28.2 Å². The Labute approximate surface area is 171 Å². The minimum atomic E-state index is -0.489. The molecule has 0 aromatic carbocycles. The van der Waals surface area contributed by atoms with Gasteiger partial charge in [0.1, 0.15) is 5.76 Å². The molecule has 4 heterocycles. The van der Waals surface area contributed by atoms with Crippen LogP contribution in [0.15, 0.2) is 16.7 Å². The summed E-state index contributed by atoms with van der Waals surface area (Å²) in [7, 11) is 0. The first-order valence-electron chi connectivity index (χ1n) is 10.6. The highest BCUT2D eigenvalue weighted by Crippen LogP contribution is 2.31. The van der Waals surface area contributed by atoms with Gasteiger partial charge < -0.3 is 28.4 Å². The number of ether oxygens (including phenoxy) is 3. The number of rotatable bonds is 6. The Bertz CT molecular complexity index is 711. The van der Waals surface area contributed by atoms with Crippen LogP contribution < -0.4 is 0 Å². The lowest BCUT2D eigenvalue weighted by Gasteiger charge is -2.37. The summed E-state index contributed by atoms with van der Waals surface area (Å²) in [6, 6.07) is 1.69. The molecule has 8 nitrogen and oxygen atoms in total. The zero-order valence-corrected chi connectivity index (χ0v) is 17.1.